The molecule has 1 aliphatic carbocycles. The zero-order valence-corrected chi connectivity index (χ0v) is 11.5. The summed E-state index contributed by atoms with van der Waals surface area (Å²) in [5.74, 6) is -0.715. The van der Waals surface area contributed by atoms with Crippen LogP contribution in [0.25, 0.3) is 0 Å². The van der Waals surface area contributed by atoms with Crippen LogP contribution in [0, 0.1) is 5.41 Å². The highest BCUT2D eigenvalue weighted by molar-refractivity contribution is 5.76. The summed E-state index contributed by atoms with van der Waals surface area (Å²) >= 11 is 0. The molecule has 18 heavy (non-hydrogen) atoms. The highest BCUT2D eigenvalue weighted by Gasteiger charge is 2.28. The van der Waals surface area contributed by atoms with Crippen LogP contribution in [0.15, 0.2) is 0 Å². The summed E-state index contributed by atoms with van der Waals surface area (Å²) in [6.45, 7) is 4.50. The maximum atomic E-state index is 11.7. The van der Waals surface area contributed by atoms with Crippen molar-refractivity contribution in [3.63, 3.8) is 0 Å². The normalized spacial score (nSPS) is 22.4. The fourth-order valence-electron chi connectivity index (χ4n) is 2.68. The molecule has 0 aromatic carbocycles. The van der Waals surface area contributed by atoms with Crippen molar-refractivity contribution in [1.29, 1.82) is 0 Å². The van der Waals surface area contributed by atoms with Crippen LogP contribution in [-0.2, 0) is 9.59 Å². The smallest absolute Gasteiger partial charge is 0.303 e. The molecule has 1 atom stereocenters. The van der Waals surface area contributed by atoms with E-state index in [1.54, 1.807) is 0 Å². The average molecular weight is 255 g/mol. The molecule has 0 heterocycles. The lowest BCUT2D eigenvalue weighted by Gasteiger charge is -2.35. The lowest BCUT2D eigenvalue weighted by molar-refractivity contribution is -0.137. The molecule has 1 rings (SSSR count). The summed E-state index contributed by atoms with van der Waals surface area (Å²) in [5.41, 5.74) is 0.333. The molecule has 0 spiro atoms. The minimum atomic E-state index is -0.788. The van der Waals surface area contributed by atoms with E-state index in [0.29, 0.717) is 30.7 Å². The average Bonchev–Trinajstić information content (AvgIpc) is 2.22. The first kappa shape index (κ1) is 15.0. The predicted octanol–water partition coefficient (Wildman–Crippen LogP) is 2.72. The van der Waals surface area contributed by atoms with Gasteiger partial charge in [0, 0.05) is 18.9 Å². The van der Waals surface area contributed by atoms with Crippen LogP contribution in [0.3, 0.4) is 0 Å². The second-order valence-corrected chi connectivity index (χ2v) is 6.13. The van der Waals surface area contributed by atoms with Gasteiger partial charge in [-0.15, -0.1) is 0 Å². The van der Waals surface area contributed by atoms with Crippen molar-refractivity contribution < 1.29 is 14.7 Å². The molecule has 0 aromatic heterocycles. The number of aliphatic carboxylic acids is 1. The van der Waals surface area contributed by atoms with Crippen molar-refractivity contribution in [1.82, 2.24) is 5.32 Å². The third-order valence-corrected chi connectivity index (χ3v) is 3.61. The number of carbonyl (C=O) groups excluding carboxylic acids is 1. The van der Waals surface area contributed by atoms with Crippen molar-refractivity contribution in [3.05, 3.63) is 0 Å². The van der Waals surface area contributed by atoms with Crippen LogP contribution < -0.4 is 5.32 Å². The van der Waals surface area contributed by atoms with Crippen LogP contribution in [-0.4, -0.2) is 23.0 Å². The van der Waals surface area contributed by atoms with E-state index in [4.69, 9.17) is 5.11 Å². The van der Waals surface area contributed by atoms with Gasteiger partial charge in [-0.05, 0) is 37.5 Å². The minimum Gasteiger partial charge on any atom is -0.481 e. The molecule has 1 saturated carbocycles. The number of nitrogens with one attached hydrogen (secondary N) is 1. The van der Waals surface area contributed by atoms with Gasteiger partial charge in [-0.3, -0.25) is 9.59 Å². The quantitative estimate of drug-likeness (QED) is 0.717. The molecule has 2 N–H and O–H groups in total. The molecule has 0 aliphatic heterocycles. The summed E-state index contributed by atoms with van der Waals surface area (Å²) in [7, 11) is 0. The Balaban J connectivity index is 2.17. The van der Waals surface area contributed by atoms with Gasteiger partial charge in [0.2, 0.25) is 5.91 Å². The molecule has 1 aliphatic rings. The first-order valence-electron chi connectivity index (χ1n) is 6.90. The van der Waals surface area contributed by atoms with Gasteiger partial charge < -0.3 is 10.4 Å². The van der Waals surface area contributed by atoms with Gasteiger partial charge in [-0.25, -0.2) is 0 Å². The molecule has 1 unspecified atom stereocenters. The first-order valence-corrected chi connectivity index (χ1v) is 6.90. The molecule has 0 radical (unpaired) electrons. The molecule has 0 bridgehead atoms. The molecular weight excluding hydrogens is 230 g/mol. The Bertz CT molecular complexity index is 299. The van der Waals surface area contributed by atoms with E-state index in [0.717, 1.165) is 12.8 Å². The Morgan fingerprint density at radius 1 is 1.28 bits per heavy atom. The van der Waals surface area contributed by atoms with Crippen LogP contribution in [0.4, 0.5) is 0 Å². The second-order valence-electron chi connectivity index (χ2n) is 6.13. The lowest BCUT2D eigenvalue weighted by Crippen LogP contribution is -2.40. The van der Waals surface area contributed by atoms with Gasteiger partial charge in [0.1, 0.15) is 0 Å². The zero-order valence-electron chi connectivity index (χ0n) is 11.5. The largest absolute Gasteiger partial charge is 0.481 e. The minimum absolute atomic E-state index is 0.0723. The molecule has 104 valence electrons. The van der Waals surface area contributed by atoms with Crippen molar-refractivity contribution in [2.75, 3.05) is 0 Å². The molecule has 0 aromatic rings. The number of amides is 1. The standard InChI is InChI=1S/C14H25NO3/c1-14(2)9-5-6-11(10-14)15-12(16)7-3-4-8-13(17)18/h11H,3-10H2,1-2H3,(H,15,16)(H,17,18). The number of rotatable bonds is 6. The van der Waals surface area contributed by atoms with Crippen LogP contribution in [0.1, 0.15) is 65.2 Å². The summed E-state index contributed by atoms with van der Waals surface area (Å²) in [5, 5.41) is 11.6. The molecule has 0 saturated heterocycles. The van der Waals surface area contributed by atoms with Crippen molar-refractivity contribution >= 4 is 11.9 Å². The van der Waals surface area contributed by atoms with Crippen LogP contribution in [0.2, 0.25) is 0 Å². The number of hydrogen-bond acceptors (Lipinski definition) is 2. The fraction of sp³-hybridized carbons (Fsp3) is 0.857. The van der Waals surface area contributed by atoms with Crippen molar-refractivity contribution in [3.8, 4) is 0 Å². The van der Waals surface area contributed by atoms with Gasteiger partial charge in [0.25, 0.3) is 0 Å². The first-order chi connectivity index (χ1) is 8.39. The number of carbonyl (C=O) groups is 2. The van der Waals surface area contributed by atoms with Gasteiger partial charge in [0.15, 0.2) is 0 Å². The third kappa shape index (κ3) is 6.03. The molecule has 1 fully saturated rings. The molecule has 4 nitrogen and oxygen atoms in total. The zero-order chi connectivity index (χ0) is 13.6. The summed E-state index contributed by atoms with van der Waals surface area (Å²) in [4.78, 5) is 22.0. The molecule has 4 heteroatoms. The van der Waals surface area contributed by atoms with Crippen LogP contribution >= 0.6 is 0 Å². The van der Waals surface area contributed by atoms with E-state index in [1.807, 2.05) is 0 Å². The predicted molar refractivity (Wildman–Crippen MR) is 70.3 cm³/mol. The Kier molecular flexibility index (Phi) is 5.63. The summed E-state index contributed by atoms with van der Waals surface area (Å²) in [6.07, 6.45) is 6.38. The number of carboxylic acid groups (broad SMARTS) is 1. The monoisotopic (exact) mass is 255 g/mol. The van der Waals surface area contributed by atoms with Gasteiger partial charge >= 0.3 is 5.97 Å². The van der Waals surface area contributed by atoms with Gasteiger partial charge in [-0.2, -0.15) is 0 Å². The summed E-state index contributed by atoms with van der Waals surface area (Å²) in [6, 6.07) is 0.306. The maximum Gasteiger partial charge on any atom is 0.303 e. The van der Waals surface area contributed by atoms with Gasteiger partial charge in [0.05, 0.1) is 0 Å². The van der Waals surface area contributed by atoms with Crippen molar-refractivity contribution in [2.24, 2.45) is 5.41 Å². The van der Waals surface area contributed by atoms with Crippen molar-refractivity contribution in [2.45, 2.75) is 71.3 Å². The number of unbranched alkanes of at least 4 members (excludes halogenated alkanes) is 1. The van der Waals surface area contributed by atoms with E-state index >= 15 is 0 Å². The Labute approximate surface area is 109 Å². The lowest BCUT2D eigenvalue weighted by atomic mass is 9.75. The van der Waals surface area contributed by atoms with E-state index in [-0.39, 0.29) is 12.3 Å². The Morgan fingerprint density at radius 3 is 2.56 bits per heavy atom. The van der Waals surface area contributed by atoms with E-state index < -0.39 is 5.97 Å². The van der Waals surface area contributed by atoms with Crippen LogP contribution in [0.5, 0.6) is 0 Å². The topological polar surface area (TPSA) is 66.4 Å². The fourth-order valence-corrected chi connectivity index (χ4v) is 2.68. The highest BCUT2D eigenvalue weighted by Crippen LogP contribution is 2.35. The van der Waals surface area contributed by atoms with Gasteiger partial charge in [-0.1, -0.05) is 20.3 Å². The SMILES string of the molecule is CC1(C)CCCC(NC(=O)CCCCC(=O)O)C1. The number of hydrogen-bond donors (Lipinski definition) is 2. The second kappa shape index (κ2) is 6.76. The highest BCUT2D eigenvalue weighted by atomic mass is 16.4. The number of carboxylic acids is 1. The summed E-state index contributed by atoms with van der Waals surface area (Å²) < 4.78 is 0. The third-order valence-electron chi connectivity index (χ3n) is 3.61. The van der Waals surface area contributed by atoms with E-state index in [9.17, 15) is 9.59 Å². The van der Waals surface area contributed by atoms with E-state index in [1.165, 1.54) is 12.8 Å². The maximum absolute atomic E-state index is 11.7. The molecule has 1 amide bonds. The Morgan fingerprint density at radius 2 is 1.94 bits per heavy atom. The molecular formula is C14H25NO3. The Hall–Kier alpha value is -1.06. The van der Waals surface area contributed by atoms with E-state index in [2.05, 4.69) is 19.2 Å².